The quantitative estimate of drug-likeness (QED) is 0.363. The van der Waals surface area contributed by atoms with E-state index in [4.69, 9.17) is 9.47 Å². The van der Waals surface area contributed by atoms with E-state index in [1.165, 1.54) is 0 Å². The topological polar surface area (TPSA) is 107 Å². The number of carbonyl (C=O) groups excluding carboxylic acids is 2. The molecule has 0 aromatic rings. The van der Waals surface area contributed by atoms with Gasteiger partial charge in [0, 0.05) is 0 Å². The van der Waals surface area contributed by atoms with Crippen LogP contribution in [0, 0.1) is 0 Å². The molecule has 25 heavy (non-hydrogen) atoms. The van der Waals surface area contributed by atoms with E-state index in [2.05, 4.69) is 0 Å². The minimum Gasteiger partial charge on any atom is -1.00 e. The number of hydrogen-bond donors (Lipinski definition) is 1. The van der Waals surface area contributed by atoms with Gasteiger partial charge in [-0.3, -0.25) is 14.1 Å². The summed E-state index contributed by atoms with van der Waals surface area (Å²) in [6, 6.07) is 0. The Hall–Kier alpha value is 0.486. The summed E-state index contributed by atoms with van der Waals surface area (Å²) < 4.78 is 42.7. The van der Waals surface area contributed by atoms with Crippen molar-refractivity contribution >= 4 is 22.1 Å². The molecule has 0 aliphatic heterocycles. The third kappa shape index (κ3) is 8.36. The van der Waals surface area contributed by atoms with Crippen LogP contribution in [0.15, 0.2) is 0 Å². The van der Waals surface area contributed by atoms with Crippen molar-refractivity contribution in [2.24, 2.45) is 0 Å². The summed E-state index contributed by atoms with van der Waals surface area (Å²) in [6.45, 7) is 0. The van der Waals surface area contributed by atoms with Gasteiger partial charge in [-0.25, -0.2) is 0 Å². The van der Waals surface area contributed by atoms with Crippen LogP contribution >= 0.6 is 0 Å². The van der Waals surface area contributed by atoms with Gasteiger partial charge in [-0.2, -0.15) is 8.42 Å². The van der Waals surface area contributed by atoms with E-state index in [0.717, 1.165) is 51.4 Å². The second kappa shape index (κ2) is 11.4. The van der Waals surface area contributed by atoms with E-state index in [9.17, 15) is 22.6 Å². The maximum Gasteiger partial charge on any atom is 1.00 e. The van der Waals surface area contributed by atoms with Crippen LogP contribution in [0.2, 0.25) is 0 Å². The molecule has 0 aromatic heterocycles. The van der Waals surface area contributed by atoms with Crippen LogP contribution in [-0.4, -0.2) is 42.4 Å². The first-order valence-corrected chi connectivity index (χ1v) is 10.2. The molecule has 140 valence electrons. The molecule has 0 bridgehead atoms. The molecule has 2 aliphatic rings. The fourth-order valence-electron chi connectivity index (χ4n) is 3.30. The molecule has 0 amide bonds. The number of rotatable bonds is 6. The molecular weight excluding hydrogens is 375 g/mol. The van der Waals surface area contributed by atoms with Gasteiger partial charge in [0.2, 0.25) is 0 Å². The van der Waals surface area contributed by atoms with Gasteiger partial charge in [0.1, 0.15) is 12.2 Å². The second-order valence-electron chi connectivity index (χ2n) is 6.65. The Kier molecular flexibility index (Phi) is 10.7. The van der Waals surface area contributed by atoms with Crippen molar-refractivity contribution in [1.29, 1.82) is 0 Å². The van der Waals surface area contributed by atoms with Crippen LogP contribution in [0.5, 0.6) is 0 Å². The molecule has 2 saturated carbocycles. The predicted octanol–water partition coefficient (Wildman–Crippen LogP) is -0.499. The average molecular weight is 403 g/mol. The third-order valence-electron chi connectivity index (χ3n) is 4.66. The van der Waals surface area contributed by atoms with Crippen LogP contribution in [-0.2, 0) is 29.2 Å². The van der Waals surface area contributed by atoms with Crippen molar-refractivity contribution < 1.29 is 84.8 Å². The van der Waals surface area contributed by atoms with Gasteiger partial charge >= 0.3 is 63.3 Å². The Balaban J connectivity index is 0.00000312. The van der Waals surface area contributed by atoms with Crippen molar-refractivity contribution in [3.63, 3.8) is 0 Å². The molecule has 0 aromatic carbocycles. The molecule has 0 radical (unpaired) electrons. The normalized spacial score (nSPS) is 21.0. The number of hydrogen-bond acceptors (Lipinski definition) is 6. The van der Waals surface area contributed by atoms with Crippen LogP contribution in [0.25, 0.3) is 0 Å². The number of esters is 2. The van der Waals surface area contributed by atoms with E-state index in [-0.39, 0.29) is 65.0 Å². The Bertz CT molecular complexity index is 543. The van der Waals surface area contributed by atoms with Crippen LogP contribution < -0.4 is 51.4 Å². The monoisotopic (exact) mass is 402 g/mol. The van der Waals surface area contributed by atoms with E-state index in [0.29, 0.717) is 12.8 Å². The molecule has 1 unspecified atom stereocenters. The first-order valence-electron chi connectivity index (χ1n) is 8.72. The van der Waals surface area contributed by atoms with E-state index in [1.807, 2.05) is 0 Å². The Morgan fingerprint density at radius 1 is 0.920 bits per heavy atom. The summed E-state index contributed by atoms with van der Waals surface area (Å²) in [5, 5.41) is -1.91. The van der Waals surface area contributed by atoms with Gasteiger partial charge < -0.3 is 10.9 Å². The molecule has 0 heterocycles. The molecule has 9 heteroatoms. The van der Waals surface area contributed by atoms with Gasteiger partial charge in [0.05, 0.1) is 6.42 Å². The largest absolute Gasteiger partial charge is 1.00 e. The van der Waals surface area contributed by atoms with E-state index in [1.54, 1.807) is 0 Å². The molecular formula is C16H27KO7S. The van der Waals surface area contributed by atoms with Crippen molar-refractivity contribution in [2.75, 3.05) is 0 Å². The number of carbonyl (C=O) groups is 2. The fourth-order valence-corrected chi connectivity index (χ4v) is 3.95. The number of ether oxygens (including phenoxy) is 2. The third-order valence-corrected chi connectivity index (χ3v) is 5.74. The maximum absolute atomic E-state index is 12.1. The Labute approximate surface area is 193 Å². The standard InChI is InChI=1S/C16H26O7S.K.H/c17-15(22-12-7-3-1-4-8-12)11-14(24(19,20)21)16(18)23-13-9-5-2-6-10-13;;/h12-14H,1-11H2,(H,19,20,21);;/q;+1;-1. The van der Waals surface area contributed by atoms with Crippen molar-refractivity contribution in [2.45, 2.75) is 88.1 Å². The predicted molar refractivity (Wildman–Crippen MR) is 87.0 cm³/mol. The maximum atomic E-state index is 12.1. The van der Waals surface area contributed by atoms with E-state index < -0.39 is 33.7 Å². The first kappa shape index (κ1) is 23.5. The fraction of sp³-hybridized carbons (Fsp3) is 0.875. The average Bonchev–Trinajstić information content (AvgIpc) is 2.53. The minimum absolute atomic E-state index is 0. The second-order valence-corrected chi connectivity index (χ2v) is 8.25. The van der Waals surface area contributed by atoms with Crippen molar-refractivity contribution in [1.82, 2.24) is 0 Å². The minimum atomic E-state index is -4.73. The molecule has 2 fully saturated rings. The SMILES string of the molecule is O=C(CC(C(=O)OC1CCCCC1)S(=O)(=O)O)OC1CCCCC1.[H-].[K+]. The zero-order valence-electron chi connectivity index (χ0n) is 15.8. The van der Waals surface area contributed by atoms with Crippen LogP contribution in [0.3, 0.4) is 0 Å². The van der Waals surface area contributed by atoms with E-state index >= 15 is 0 Å². The van der Waals surface area contributed by atoms with Gasteiger partial charge in [-0.1, -0.05) is 12.8 Å². The molecule has 2 aliphatic carbocycles. The molecule has 0 spiro atoms. The van der Waals surface area contributed by atoms with Crippen LogP contribution in [0.1, 0.15) is 72.1 Å². The Morgan fingerprint density at radius 2 is 1.36 bits per heavy atom. The van der Waals surface area contributed by atoms with Gasteiger partial charge in [0.15, 0.2) is 5.25 Å². The van der Waals surface area contributed by atoms with Crippen molar-refractivity contribution in [3.05, 3.63) is 0 Å². The Morgan fingerprint density at radius 3 is 1.80 bits per heavy atom. The summed E-state index contributed by atoms with van der Waals surface area (Å²) in [5.41, 5.74) is 0. The van der Waals surface area contributed by atoms with Crippen molar-refractivity contribution in [3.8, 4) is 0 Å². The van der Waals surface area contributed by atoms with Gasteiger partial charge in [0.25, 0.3) is 10.1 Å². The molecule has 0 saturated heterocycles. The summed E-state index contributed by atoms with van der Waals surface area (Å²) in [4.78, 5) is 24.1. The molecule has 1 atom stereocenters. The molecule has 7 nitrogen and oxygen atoms in total. The smallest absolute Gasteiger partial charge is 1.00 e. The zero-order chi connectivity index (χ0) is 17.6. The summed E-state index contributed by atoms with van der Waals surface area (Å²) in [6.07, 6.45) is 7.46. The summed E-state index contributed by atoms with van der Waals surface area (Å²) >= 11 is 0. The molecule has 1 N–H and O–H groups in total. The van der Waals surface area contributed by atoms with Crippen LogP contribution in [0.4, 0.5) is 0 Å². The first-order chi connectivity index (χ1) is 11.4. The summed E-state index contributed by atoms with van der Waals surface area (Å²) in [5.74, 6) is -1.85. The van der Waals surface area contributed by atoms with Gasteiger partial charge in [-0.05, 0) is 51.4 Å². The summed E-state index contributed by atoms with van der Waals surface area (Å²) in [7, 11) is -4.73. The molecule has 2 rings (SSSR count). The van der Waals surface area contributed by atoms with Gasteiger partial charge in [-0.15, -0.1) is 0 Å². The zero-order valence-corrected chi connectivity index (χ0v) is 18.8.